The van der Waals surface area contributed by atoms with Crippen LogP contribution in [0.2, 0.25) is 0 Å². The number of hydrogen-bond acceptors (Lipinski definition) is 4. The quantitative estimate of drug-likeness (QED) is 0.337. The Labute approximate surface area is 194 Å². The molecule has 4 aromatic carbocycles. The minimum Gasteiger partial charge on any atom is -0.469 e. The average molecular weight is 484 g/mol. The van der Waals surface area contributed by atoms with Crippen LogP contribution >= 0.6 is 0 Å². The standard InChI is InChI=1S/C26H19F3O4S/c1-15-18(13-24(30)33-2)12-17-6-9-19(27)14-21(17)25(15)16-7-10-20(11-8-16)34(31,32)26-22(28)4-3-5-23(26)29/h3-12,14H,13H2,1-2H3. The molecule has 0 radical (unpaired) electrons. The Morgan fingerprint density at radius 3 is 2.18 bits per heavy atom. The highest BCUT2D eigenvalue weighted by molar-refractivity contribution is 7.91. The molecule has 34 heavy (non-hydrogen) atoms. The predicted octanol–water partition coefficient (Wildman–Crippen LogP) is 5.78. The van der Waals surface area contributed by atoms with Crippen molar-refractivity contribution in [2.24, 2.45) is 0 Å². The Morgan fingerprint density at radius 2 is 1.56 bits per heavy atom. The molecule has 0 amide bonds. The van der Waals surface area contributed by atoms with Crippen molar-refractivity contribution in [1.82, 2.24) is 0 Å². The minimum atomic E-state index is -4.46. The maximum Gasteiger partial charge on any atom is 0.309 e. The van der Waals surface area contributed by atoms with Crippen LogP contribution in [0.5, 0.6) is 0 Å². The summed E-state index contributed by atoms with van der Waals surface area (Å²) in [4.78, 5) is 10.6. The van der Waals surface area contributed by atoms with Gasteiger partial charge in [-0.15, -0.1) is 0 Å². The number of fused-ring (bicyclic) bond motifs is 1. The van der Waals surface area contributed by atoms with Crippen LogP contribution in [-0.4, -0.2) is 21.5 Å². The third kappa shape index (κ3) is 4.17. The van der Waals surface area contributed by atoms with Crippen LogP contribution in [0.4, 0.5) is 13.2 Å². The van der Waals surface area contributed by atoms with Crippen LogP contribution in [0.1, 0.15) is 11.1 Å². The average Bonchev–Trinajstić information content (AvgIpc) is 2.79. The van der Waals surface area contributed by atoms with E-state index in [1.54, 1.807) is 19.1 Å². The highest BCUT2D eigenvalue weighted by atomic mass is 32.2. The van der Waals surface area contributed by atoms with E-state index in [1.807, 2.05) is 0 Å². The number of methoxy groups -OCH3 is 1. The summed E-state index contributed by atoms with van der Waals surface area (Å²) in [7, 11) is -3.17. The molecule has 0 spiro atoms. The van der Waals surface area contributed by atoms with E-state index in [1.165, 1.54) is 43.5 Å². The molecule has 4 aromatic rings. The van der Waals surface area contributed by atoms with Gasteiger partial charge in [-0.25, -0.2) is 21.6 Å². The fourth-order valence-electron chi connectivity index (χ4n) is 3.97. The van der Waals surface area contributed by atoms with Crippen LogP contribution in [0.3, 0.4) is 0 Å². The molecule has 0 saturated carbocycles. The second-order valence-electron chi connectivity index (χ2n) is 7.73. The van der Waals surface area contributed by atoms with Gasteiger partial charge in [0.15, 0.2) is 0 Å². The molecule has 4 nitrogen and oxygen atoms in total. The normalized spacial score (nSPS) is 11.6. The van der Waals surface area contributed by atoms with Gasteiger partial charge in [0.25, 0.3) is 0 Å². The van der Waals surface area contributed by atoms with Crippen molar-refractivity contribution in [3.8, 4) is 11.1 Å². The molecule has 0 aliphatic carbocycles. The summed E-state index contributed by atoms with van der Waals surface area (Å²) in [6, 6.07) is 14.3. The Balaban J connectivity index is 1.88. The summed E-state index contributed by atoms with van der Waals surface area (Å²) in [5.41, 5.74) is 2.52. The first-order valence-electron chi connectivity index (χ1n) is 10.2. The molecule has 0 atom stereocenters. The van der Waals surface area contributed by atoms with Gasteiger partial charge in [-0.05, 0) is 76.3 Å². The van der Waals surface area contributed by atoms with Crippen LogP contribution in [0.15, 0.2) is 76.5 Å². The summed E-state index contributed by atoms with van der Waals surface area (Å²) in [5, 5.41) is 1.26. The van der Waals surface area contributed by atoms with Gasteiger partial charge < -0.3 is 4.74 Å². The van der Waals surface area contributed by atoms with Crippen molar-refractivity contribution in [1.29, 1.82) is 0 Å². The minimum absolute atomic E-state index is 0.00166. The first-order valence-corrected chi connectivity index (χ1v) is 11.7. The van der Waals surface area contributed by atoms with E-state index in [-0.39, 0.29) is 11.3 Å². The molecule has 174 valence electrons. The molecule has 0 saturated heterocycles. The summed E-state index contributed by atoms with van der Waals surface area (Å²) in [5.74, 6) is -3.26. The molecule has 0 N–H and O–H groups in total. The monoisotopic (exact) mass is 484 g/mol. The fraction of sp³-hybridized carbons (Fsp3) is 0.115. The van der Waals surface area contributed by atoms with Gasteiger partial charge in [0.05, 0.1) is 18.4 Å². The van der Waals surface area contributed by atoms with E-state index in [0.717, 1.165) is 18.2 Å². The lowest BCUT2D eigenvalue weighted by Gasteiger charge is -2.16. The number of esters is 1. The van der Waals surface area contributed by atoms with Gasteiger partial charge in [-0.3, -0.25) is 4.79 Å². The second-order valence-corrected chi connectivity index (χ2v) is 9.62. The molecular weight excluding hydrogens is 465 g/mol. The van der Waals surface area contributed by atoms with Crippen molar-refractivity contribution < 1.29 is 31.1 Å². The number of ether oxygens (including phenoxy) is 1. The largest absolute Gasteiger partial charge is 0.469 e. The van der Waals surface area contributed by atoms with E-state index in [4.69, 9.17) is 4.74 Å². The third-order valence-electron chi connectivity index (χ3n) is 5.67. The number of halogens is 3. The van der Waals surface area contributed by atoms with Gasteiger partial charge in [-0.2, -0.15) is 0 Å². The number of hydrogen-bond donors (Lipinski definition) is 0. The first-order chi connectivity index (χ1) is 16.1. The van der Waals surface area contributed by atoms with Gasteiger partial charge in [-0.1, -0.05) is 30.3 Å². The number of carbonyl (C=O) groups excluding carboxylic acids is 1. The second kappa shape index (κ2) is 8.95. The zero-order valence-corrected chi connectivity index (χ0v) is 19.0. The van der Waals surface area contributed by atoms with Crippen molar-refractivity contribution in [2.75, 3.05) is 7.11 Å². The Morgan fingerprint density at radius 1 is 0.912 bits per heavy atom. The van der Waals surface area contributed by atoms with Crippen LogP contribution in [-0.2, 0) is 25.8 Å². The van der Waals surface area contributed by atoms with Crippen LogP contribution in [0, 0.1) is 24.4 Å². The van der Waals surface area contributed by atoms with Crippen LogP contribution in [0.25, 0.3) is 21.9 Å². The van der Waals surface area contributed by atoms with Gasteiger partial charge in [0, 0.05) is 0 Å². The van der Waals surface area contributed by atoms with Crippen LogP contribution < -0.4 is 0 Å². The van der Waals surface area contributed by atoms with Gasteiger partial charge >= 0.3 is 5.97 Å². The molecule has 0 unspecified atom stereocenters. The summed E-state index contributed by atoms with van der Waals surface area (Å²) < 4.78 is 72.9. The first kappa shape index (κ1) is 23.5. The molecule has 0 bridgehead atoms. The Bertz CT molecular complexity index is 1510. The Kier molecular flexibility index (Phi) is 6.18. The Hall–Kier alpha value is -3.65. The lowest BCUT2D eigenvalue weighted by molar-refractivity contribution is -0.139. The number of carbonyl (C=O) groups is 1. The zero-order valence-electron chi connectivity index (χ0n) is 18.2. The van der Waals surface area contributed by atoms with Gasteiger partial charge in [0.1, 0.15) is 22.3 Å². The van der Waals surface area contributed by atoms with Crippen molar-refractivity contribution in [2.45, 2.75) is 23.1 Å². The highest BCUT2D eigenvalue weighted by Crippen LogP contribution is 2.36. The number of sulfone groups is 1. The van der Waals surface area contributed by atoms with E-state index >= 15 is 0 Å². The smallest absolute Gasteiger partial charge is 0.309 e. The zero-order chi connectivity index (χ0) is 24.6. The lowest BCUT2D eigenvalue weighted by Crippen LogP contribution is -2.08. The maximum absolute atomic E-state index is 14.1. The molecule has 0 aromatic heterocycles. The third-order valence-corrected chi connectivity index (χ3v) is 7.49. The highest BCUT2D eigenvalue weighted by Gasteiger charge is 2.26. The SMILES string of the molecule is COC(=O)Cc1cc2ccc(F)cc2c(-c2ccc(S(=O)(=O)c3c(F)cccc3F)cc2)c1C. The van der Waals surface area contributed by atoms with E-state index in [9.17, 15) is 26.4 Å². The molecule has 0 fully saturated rings. The molecule has 0 aliphatic rings. The summed E-state index contributed by atoms with van der Waals surface area (Å²) in [6.45, 7) is 1.78. The van der Waals surface area contributed by atoms with Gasteiger partial charge in [0.2, 0.25) is 9.84 Å². The van der Waals surface area contributed by atoms with E-state index < -0.39 is 38.2 Å². The van der Waals surface area contributed by atoms with Crippen molar-refractivity contribution in [3.63, 3.8) is 0 Å². The summed E-state index contributed by atoms with van der Waals surface area (Å²) in [6.07, 6.45) is 0.00166. The van der Waals surface area contributed by atoms with Crippen molar-refractivity contribution >= 4 is 26.6 Å². The van der Waals surface area contributed by atoms with Crippen molar-refractivity contribution in [3.05, 3.63) is 95.3 Å². The number of benzene rings is 4. The van der Waals surface area contributed by atoms with E-state index in [0.29, 0.717) is 33.0 Å². The molecule has 0 heterocycles. The van der Waals surface area contributed by atoms with E-state index in [2.05, 4.69) is 0 Å². The fourth-order valence-corrected chi connectivity index (χ4v) is 5.35. The maximum atomic E-state index is 14.1. The lowest BCUT2D eigenvalue weighted by atomic mass is 9.89. The molecule has 0 aliphatic heterocycles. The molecule has 8 heteroatoms. The number of rotatable bonds is 5. The summed E-state index contributed by atoms with van der Waals surface area (Å²) >= 11 is 0. The molecular formula is C26H19F3O4S. The predicted molar refractivity (Wildman–Crippen MR) is 122 cm³/mol. The molecule has 4 rings (SSSR count). The topological polar surface area (TPSA) is 60.4 Å².